The van der Waals surface area contributed by atoms with Crippen LogP contribution in [0.5, 0.6) is 0 Å². The van der Waals surface area contributed by atoms with E-state index in [-0.39, 0.29) is 24.0 Å². The lowest BCUT2D eigenvalue weighted by molar-refractivity contribution is 0.197. The van der Waals surface area contributed by atoms with Crippen LogP contribution in [0.3, 0.4) is 0 Å². The normalized spacial score (nSPS) is 29.8. The fourth-order valence-corrected chi connectivity index (χ4v) is 4.45. The predicted molar refractivity (Wildman–Crippen MR) is 113 cm³/mol. The summed E-state index contributed by atoms with van der Waals surface area (Å²) in [4.78, 5) is 7.11. The second-order valence-corrected chi connectivity index (χ2v) is 8.11. The van der Waals surface area contributed by atoms with Gasteiger partial charge in [-0.15, -0.1) is 24.0 Å². The van der Waals surface area contributed by atoms with Gasteiger partial charge in [0.25, 0.3) is 0 Å². The molecule has 3 rings (SSSR count). The average molecular weight is 448 g/mol. The highest BCUT2D eigenvalue weighted by molar-refractivity contribution is 14.0. The smallest absolute Gasteiger partial charge is 0.191 e. The Bertz CT molecular complexity index is 389. The number of likely N-dealkylation sites (tertiary alicyclic amines) is 1. The zero-order valence-corrected chi connectivity index (χ0v) is 17.9. The lowest BCUT2D eigenvalue weighted by atomic mass is 9.81. The molecule has 2 unspecified atom stereocenters. The van der Waals surface area contributed by atoms with Crippen LogP contribution in [0, 0.1) is 11.8 Å². The molecule has 0 aromatic rings. The minimum Gasteiger partial charge on any atom is -0.356 e. The summed E-state index contributed by atoms with van der Waals surface area (Å²) in [6, 6.07) is 1.53. The zero-order valence-electron chi connectivity index (χ0n) is 15.6. The fourth-order valence-electron chi connectivity index (χ4n) is 4.45. The van der Waals surface area contributed by atoms with Crippen molar-refractivity contribution in [1.29, 1.82) is 0 Å². The van der Waals surface area contributed by atoms with Gasteiger partial charge in [0.1, 0.15) is 0 Å². The number of aliphatic imine (C=N–C) groups is 1. The van der Waals surface area contributed by atoms with Crippen LogP contribution in [-0.2, 0) is 0 Å². The van der Waals surface area contributed by atoms with E-state index in [0.717, 1.165) is 30.4 Å². The number of guanidine groups is 1. The summed E-state index contributed by atoms with van der Waals surface area (Å²) in [6.07, 6.45) is 12.4. The van der Waals surface area contributed by atoms with Crippen LogP contribution in [0.1, 0.15) is 64.7 Å². The van der Waals surface area contributed by atoms with Gasteiger partial charge in [0.15, 0.2) is 5.96 Å². The van der Waals surface area contributed by atoms with E-state index in [4.69, 9.17) is 0 Å². The van der Waals surface area contributed by atoms with Crippen LogP contribution in [-0.4, -0.2) is 49.6 Å². The molecule has 1 saturated heterocycles. The molecule has 24 heavy (non-hydrogen) atoms. The summed E-state index contributed by atoms with van der Waals surface area (Å²) in [7, 11) is 1.90. The molecule has 2 saturated carbocycles. The summed E-state index contributed by atoms with van der Waals surface area (Å²) in [5.74, 6) is 2.87. The Morgan fingerprint density at radius 3 is 2.46 bits per heavy atom. The van der Waals surface area contributed by atoms with Gasteiger partial charge in [-0.1, -0.05) is 26.2 Å². The van der Waals surface area contributed by atoms with Gasteiger partial charge in [-0.2, -0.15) is 0 Å². The first-order valence-corrected chi connectivity index (χ1v) is 9.96. The first-order chi connectivity index (χ1) is 11.2. The molecule has 0 amide bonds. The maximum absolute atomic E-state index is 4.43. The van der Waals surface area contributed by atoms with Crippen LogP contribution in [0.15, 0.2) is 4.99 Å². The van der Waals surface area contributed by atoms with Crippen LogP contribution in [0.25, 0.3) is 0 Å². The maximum Gasteiger partial charge on any atom is 0.191 e. The molecule has 4 nitrogen and oxygen atoms in total. The topological polar surface area (TPSA) is 39.7 Å². The minimum absolute atomic E-state index is 0. The largest absolute Gasteiger partial charge is 0.356 e. The van der Waals surface area contributed by atoms with Gasteiger partial charge in [0.2, 0.25) is 0 Å². The third kappa shape index (κ3) is 6.36. The standard InChI is InChI=1S/C19H36N4.HI/c1-15-4-3-5-16(14-15)8-11-21-19(20-2)22-17-9-12-23(13-10-17)18-6-7-18;/h15-18H,3-14H2,1-2H3,(H2,20,21,22);1H. The zero-order chi connectivity index (χ0) is 16.1. The molecule has 3 fully saturated rings. The number of hydrogen-bond donors (Lipinski definition) is 2. The molecule has 0 bridgehead atoms. The van der Waals surface area contributed by atoms with E-state index in [2.05, 4.69) is 27.4 Å². The van der Waals surface area contributed by atoms with E-state index in [1.807, 2.05) is 7.05 Å². The highest BCUT2D eigenvalue weighted by Crippen LogP contribution is 2.30. The van der Waals surface area contributed by atoms with E-state index in [1.165, 1.54) is 70.9 Å². The number of nitrogens with one attached hydrogen (secondary N) is 2. The van der Waals surface area contributed by atoms with Gasteiger partial charge in [0.05, 0.1) is 0 Å². The van der Waals surface area contributed by atoms with E-state index >= 15 is 0 Å². The van der Waals surface area contributed by atoms with E-state index < -0.39 is 0 Å². The van der Waals surface area contributed by atoms with Crippen LogP contribution in [0.2, 0.25) is 0 Å². The Kier molecular flexibility index (Phi) is 8.61. The SMILES string of the molecule is CN=C(NCCC1CCCC(C)C1)NC1CCN(C2CC2)CC1.I. The second-order valence-electron chi connectivity index (χ2n) is 8.11. The van der Waals surface area contributed by atoms with E-state index in [1.54, 1.807) is 0 Å². The van der Waals surface area contributed by atoms with Gasteiger partial charge >= 0.3 is 0 Å². The average Bonchev–Trinajstić information content (AvgIpc) is 3.39. The quantitative estimate of drug-likeness (QED) is 0.384. The molecular weight excluding hydrogens is 411 g/mol. The Morgan fingerprint density at radius 2 is 1.83 bits per heavy atom. The molecule has 0 aromatic heterocycles. The third-order valence-corrected chi connectivity index (χ3v) is 6.05. The third-order valence-electron chi connectivity index (χ3n) is 6.05. The molecular formula is C19H37IN4. The first-order valence-electron chi connectivity index (χ1n) is 9.96. The summed E-state index contributed by atoms with van der Waals surface area (Å²) in [5, 5.41) is 7.19. The summed E-state index contributed by atoms with van der Waals surface area (Å²) < 4.78 is 0. The van der Waals surface area contributed by atoms with Crippen molar-refractivity contribution in [2.75, 3.05) is 26.7 Å². The number of nitrogens with zero attached hydrogens (tertiary/aromatic N) is 2. The van der Waals surface area contributed by atoms with Gasteiger partial charge < -0.3 is 15.5 Å². The minimum atomic E-state index is 0. The van der Waals surface area contributed by atoms with Crippen LogP contribution in [0.4, 0.5) is 0 Å². The molecule has 1 aliphatic heterocycles. The van der Waals surface area contributed by atoms with Crippen LogP contribution < -0.4 is 10.6 Å². The van der Waals surface area contributed by atoms with Gasteiger partial charge in [-0.3, -0.25) is 4.99 Å². The molecule has 2 atom stereocenters. The monoisotopic (exact) mass is 448 g/mol. The fraction of sp³-hybridized carbons (Fsp3) is 0.947. The van der Waals surface area contributed by atoms with Crippen molar-refractivity contribution in [3.8, 4) is 0 Å². The van der Waals surface area contributed by atoms with Crippen molar-refractivity contribution < 1.29 is 0 Å². The van der Waals surface area contributed by atoms with Gasteiger partial charge in [-0.05, 0) is 50.4 Å². The van der Waals surface area contributed by atoms with Crippen molar-refractivity contribution in [2.24, 2.45) is 16.8 Å². The molecule has 1 heterocycles. The Morgan fingerprint density at radius 1 is 1.08 bits per heavy atom. The highest BCUT2D eigenvalue weighted by atomic mass is 127. The van der Waals surface area contributed by atoms with E-state index in [0.29, 0.717) is 6.04 Å². The molecule has 0 radical (unpaired) electrons. The Balaban J connectivity index is 0.00000208. The molecule has 2 N–H and O–H groups in total. The second kappa shape index (κ2) is 10.2. The molecule has 0 aromatic carbocycles. The summed E-state index contributed by atoms with van der Waals surface area (Å²) >= 11 is 0. The van der Waals surface area contributed by atoms with Crippen LogP contribution >= 0.6 is 24.0 Å². The van der Waals surface area contributed by atoms with Crippen molar-refractivity contribution in [1.82, 2.24) is 15.5 Å². The first kappa shape index (κ1) is 20.3. The van der Waals surface area contributed by atoms with Gasteiger partial charge in [0, 0.05) is 38.8 Å². The van der Waals surface area contributed by atoms with Crippen molar-refractivity contribution >= 4 is 29.9 Å². The predicted octanol–water partition coefficient (Wildman–Crippen LogP) is 3.61. The van der Waals surface area contributed by atoms with Gasteiger partial charge in [-0.25, -0.2) is 0 Å². The van der Waals surface area contributed by atoms with Crippen molar-refractivity contribution in [3.63, 3.8) is 0 Å². The number of piperidine rings is 1. The lowest BCUT2D eigenvalue weighted by Crippen LogP contribution is -2.49. The number of hydrogen-bond acceptors (Lipinski definition) is 2. The molecule has 3 aliphatic rings. The highest BCUT2D eigenvalue weighted by Gasteiger charge is 2.31. The molecule has 2 aliphatic carbocycles. The summed E-state index contributed by atoms with van der Waals surface area (Å²) in [6.45, 7) is 6.00. The molecule has 140 valence electrons. The van der Waals surface area contributed by atoms with E-state index in [9.17, 15) is 0 Å². The Labute approximate surface area is 165 Å². The van der Waals surface area contributed by atoms with Crippen molar-refractivity contribution in [3.05, 3.63) is 0 Å². The Hall–Kier alpha value is -0.0400. The lowest BCUT2D eigenvalue weighted by Gasteiger charge is -2.33. The maximum atomic E-state index is 4.43. The number of halogens is 1. The summed E-state index contributed by atoms with van der Waals surface area (Å²) in [5.41, 5.74) is 0. The number of rotatable bonds is 5. The van der Waals surface area contributed by atoms with Crippen molar-refractivity contribution in [2.45, 2.75) is 76.8 Å². The molecule has 5 heteroatoms. The molecule has 0 spiro atoms.